The van der Waals surface area contributed by atoms with Gasteiger partial charge < -0.3 is 10.4 Å². The number of nitrogens with zero attached hydrogens (tertiary/aromatic N) is 2. The standard InChI is InChI=1S/C12H10N2O2/c15-13-7-9-3-1-5-11-10(8-14-16)4-2-6-12(9)11/h1-8,15-16H/b13-7+,14-8+. The van der Waals surface area contributed by atoms with Crippen molar-refractivity contribution in [2.24, 2.45) is 10.3 Å². The van der Waals surface area contributed by atoms with Gasteiger partial charge in [0.25, 0.3) is 0 Å². The van der Waals surface area contributed by atoms with E-state index in [2.05, 4.69) is 10.3 Å². The van der Waals surface area contributed by atoms with Crippen molar-refractivity contribution in [3.8, 4) is 0 Å². The van der Waals surface area contributed by atoms with Crippen LogP contribution in [0.4, 0.5) is 0 Å². The van der Waals surface area contributed by atoms with Gasteiger partial charge in [0.1, 0.15) is 0 Å². The van der Waals surface area contributed by atoms with Crippen LogP contribution in [0, 0.1) is 0 Å². The Hall–Kier alpha value is -2.36. The smallest absolute Gasteiger partial charge is 0.0740 e. The number of fused-ring (bicyclic) bond motifs is 1. The molecule has 4 nitrogen and oxygen atoms in total. The fourth-order valence-corrected chi connectivity index (χ4v) is 1.71. The van der Waals surface area contributed by atoms with Crippen LogP contribution in [-0.4, -0.2) is 22.8 Å². The molecule has 2 aromatic rings. The van der Waals surface area contributed by atoms with Crippen LogP contribution < -0.4 is 0 Å². The van der Waals surface area contributed by atoms with Gasteiger partial charge in [-0.05, 0) is 10.8 Å². The molecule has 0 aliphatic carbocycles. The van der Waals surface area contributed by atoms with E-state index in [9.17, 15) is 0 Å². The Labute approximate surface area is 92.1 Å². The third-order valence-corrected chi connectivity index (χ3v) is 2.38. The zero-order valence-corrected chi connectivity index (χ0v) is 8.41. The van der Waals surface area contributed by atoms with Gasteiger partial charge in [0.05, 0.1) is 12.4 Å². The highest BCUT2D eigenvalue weighted by atomic mass is 16.4. The van der Waals surface area contributed by atoms with E-state index in [0.717, 1.165) is 21.9 Å². The topological polar surface area (TPSA) is 65.2 Å². The molecular formula is C12H10N2O2. The van der Waals surface area contributed by atoms with Gasteiger partial charge in [0.2, 0.25) is 0 Å². The lowest BCUT2D eigenvalue weighted by atomic mass is 10.0. The fraction of sp³-hybridized carbons (Fsp3) is 0. The monoisotopic (exact) mass is 214 g/mol. The third-order valence-electron chi connectivity index (χ3n) is 2.38. The molecule has 16 heavy (non-hydrogen) atoms. The maximum absolute atomic E-state index is 8.55. The van der Waals surface area contributed by atoms with Crippen LogP contribution in [-0.2, 0) is 0 Å². The van der Waals surface area contributed by atoms with Gasteiger partial charge >= 0.3 is 0 Å². The van der Waals surface area contributed by atoms with E-state index in [1.165, 1.54) is 12.4 Å². The number of rotatable bonds is 2. The molecule has 0 saturated heterocycles. The first-order chi connectivity index (χ1) is 7.86. The summed E-state index contributed by atoms with van der Waals surface area (Å²) >= 11 is 0. The van der Waals surface area contributed by atoms with Gasteiger partial charge in [-0.15, -0.1) is 0 Å². The largest absolute Gasteiger partial charge is 0.411 e. The quantitative estimate of drug-likeness (QED) is 0.458. The second kappa shape index (κ2) is 4.44. The lowest BCUT2D eigenvalue weighted by Gasteiger charge is -2.03. The molecule has 2 rings (SSSR count). The first kappa shape index (κ1) is 10.2. The highest BCUT2D eigenvalue weighted by Crippen LogP contribution is 2.20. The van der Waals surface area contributed by atoms with E-state index in [0.29, 0.717) is 0 Å². The molecule has 0 aromatic heterocycles. The van der Waals surface area contributed by atoms with E-state index in [-0.39, 0.29) is 0 Å². The number of hydrogen-bond donors (Lipinski definition) is 2. The van der Waals surface area contributed by atoms with Crippen LogP contribution in [0.15, 0.2) is 46.7 Å². The molecule has 0 saturated carbocycles. The van der Waals surface area contributed by atoms with Crippen molar-refractivity contribution < 1.29 is 10.4 Å². The Morgan fingerprint density at radius 2 is 1.19 bits per heavy atom. The molecular weight excluding hydrogens is 204 g/mol. The minimum Gasteiger partial charge on any atom is -0.411 e. The van der Waals surface area contributed by atoms with Crippen molar-refractivity contribution in [2.45, 2.75) is 0 Å². The highest BCUT2D eigenvalue weighted by Gasteiger charge is 2.01. The van der Waals surface area contributed by atoms with Gasteiger partial charge in [-0.1, -0.05) is 46.7 Å². The molecule has 2 N–H and O–H groups in total. The SMILES string of the molecule is O/N=C/c1cccc2c(/C=N/O)cccc12. The summed E-state index contributed by atoms with van der Waals surface area (Å²) in [5.74, 6) is 0. The van der Waals surface area contributed by atoms with E-state index in [1.54, 1.807) is 0 Å². The summed E-state index contributed by atoms with van der Waals surface area (Å²) in [6, 6.07) is 11.2. The number of oxime groups is 2. The molecule has 0 atom stereocenters. The Morgan fingerprint density at radius 3 is 1.56 bits per heavy atom. The summed E-state index contributed by atoms with van der Waals surface area (Å²) in [6.07, 6.45) is 2.75. The molecule has 0 fully saturated rings. The third kappa shape index (κ3) is 1.72. The predicted octanol–water partition coefficient (Wildman–Crippen LogP) is 2.46. The van der Waals surface area contributed by atoms with Gasteiger partial charge in [-0.3, -0.25) is 0 Å². The van der Waals surface area contributed by atoms with E-state index in [4.69, 9.17) is 10.4 Å². The second-order valence-corrected chi connectivity index (χ2v) is 3.28. The Morgan fingerprint density at radius 1 is 0.750 bits per heavy atom. The average molecular weight is 214 g/mol. The lowest BCUT2D eigenvalue weighted by molar-refractivity contribution is 0.321. The van der Waals surface area contributed by atoms with Crippen LogP contribution in [0.1, 0.15) is 11.1 Å². The zero-order valence-electron chi connectivity index (χ0n) is 8.41. The maximum Gasteiger partial charge on any atom is 0.0740 e. The Balaban J connectivity index is 2.75. The summed E-state index contributed by atoms with van der Waals surface area (Å²) in [6.45, 7) is 0. The normalized spacial score (nSPS) is 11.8. The molecule has 0 unspecified atom stereocenters. The summed E-state index contributed by atoms with van der Waals surface area (Å²) < 4.78 is 0. The molecule has 2 aromatic carbocycles. The minimum absolute atomic E-state index is 0.813. The van der Waals surface area contributed by atoms with Crippen molar-refractivity contribution in [2.75, 3.05) is 0 Å². The number of benzene rings is 2. The van der Waals surface area contributed by atoms with Crippen LogP contribution >= 0.6 is 0 Å². The van der Waals surface area contributed by atoms with Crippen molar-refractivity contribution in [3.05, 3.63) is 47.5 Å². The Bertz CT molecular complexity index is 511. The van der Waals surface area contributed by atoms with Crippen LogP contribution in [0.3, 0.4) is 0 Å². The first-order valence-electron chi connectivity index (χ1n) is 4.73. The molecule has 0 spiro atoms. The lowest BCUT2D eigenvalue weighted by Crippen LogP contribution is -1.89. The number of hydrogen-bond acceptors (Lipinski definition) is 4. The second-order valence-electron chi connectivity index (χ2n) is 3.28. The first-order valence-corrected chi connectivity index (χ1v) is 4.73. The fourth-order valence-electron chi connectivity index (χ4n) is 1.71. The predicted molar refractivity (Wildman–Crippen MR) is 62.7 cm³/mol. The van der Waals surface area contributed by atoms with Gasteiger partial charge in [0, 0.05) is 11.1 Å². The maximum atomic E-state index is 8.55. The molecule has 0 aliphatic heterocycles. The van der Waals surface area contributed by atoms with Crippen molar-refractivity contribution in [1.82, 2.24) is 0 Å². The summed E-state index contributed by atoms with van der Waals surface area (Å²) in [5, 5.41) is 25.0. The van der Waals surface area contributed by atoms with Gasteiger partial charge in [-0.2, -0.15) is 0 Å². The highest BCUT2D eigenvalue weighted by molar-refractivity contribution is 6.06. The molecule has 0 amide bonds. The van der Waals surface area contributed by atoms with E-state index < -0.39 is 0 Å². The zero-order chi connectivity index (χ0) is 11.4. The Kier molecular flexibility index (Phi) is 2.82. The molecule has 80 valence electrons. The van der Waals surface area contributed by atoms with Gasteiger partial charge in [0.15, 0.2) is 0 Å². The summed E-state index contributed by atoms with van der Waals surface area (Å²) in [5.41, 5.74) is 1.63. The molecule has 4 heteroatoms. The van der Waals surface area contributed by atoms with E-state index >= 15 is 0 Å². The molecule has 0 heterocycles. The minimum atomic E-state index is 0.813. The van der Waals surface area contributed by atoms with Crippen molar-refractivity contribution in [3.63, 3.8) is 0 Å². The van der Waals surface area contributed by atoms with Gasteiger partial charge in [-0.25, -0.2) is 0 Å². The molecule has 0 bridgehead atoms. The van der Waals surface area contributed by atoms with Crippen LogP contribution in [0.5, 0.6) is 0 Å². The van der Waals surface area contributed by atoms with E-state index in [1.807, 2.05) is 36.4 Å². The van der Waals surface area contributed by atoms with Crippen LogP contribution in [0.25, 0.3) is 10.8 Å². The van der Waals surface area contributed by atoms with Crippen molar-refractivity contribution in [1.29, 1.82) is 0 Å². The van der Waals surface area contributed by atoms with Crippen LogP contribution in [0.2, 0.25) is 0 Å². The molecule has 0 radical (unpaired) electrons. The average Bonchev–Trinajstić information content (AvgIpc) is 2.31. The summed E-state index contributed by atoms with van der Waals surface area (Å²) in [4.78, 5) is 0. The molecule has 0 aliphatic rings. The van der Waals surface area contributed by atoms with Crippen molar-refractivity contribution >= 4 is 23.2 Å². The summed E-state index contributed by atoms with van der Waals surface area (Å²) in [7, 11) is 0.